The van der Waals surface area contributed by atoms with Gasteiger partial charge >= 0.3 is 5.97 Å². The first-order valence-electron chi connectivity index (χ1n) is 10.7. The number of benzene rings is 2. The SMILES string of the molecule is CCOc1cc(/C=C2\SC(=O)N(CC(=O)OC(C)C)C2=O)ccc1OCc1cccc(C)c1. The molecule has 0 bridgehead atoms. The number of thioether (sulfide) groups is 1. The molecule has 174 valence electrons. The van der Waals surface area contributed by atoms with Gasteiger partial charge in [0.15, 0.2) is 11.5 Å². The Kier molecular flexibility index (Phi) is 8.16. The summed E-state index contributed by atoms with van der Waals surface area (Å²) >= 11 is 0.788. The van der Waals surface area contributed by atoms with E-state index in [1.54, 1.807) is 38.1 Å². The molecule has 1 saturated heterocycles. The van der Waals surface area contributed by atoms with Gasteiger partial charge in [0.05, 0.1) is 17.6 Å². The molecule has 2 aromatic rings. The van der Waals surface area contributed by atoms with Crippen molar-refractivity contribution in [3.63, 3.8) is 0 Å². The molecule has 0 saturated carbocycles. The smallest absolute Gasteiger partial charge is 0.326 e. The molecule has 33 heavy (non-hydrogen) atoms. The standard InChI is InChI=1S/C25H27NO6S/c1-5-30-21-12-18(9-10-20(21)31-15-19-8-6-7-17(4)11-19)13-22-24(28)26(25(29)33-22)14-23(27)32-16(2)3/h6-13,16H,5,14-15H2,1-4H3/b22-13-. The summed E-state index contributed by atoms with van der Waals surface area (Å²) in [6, 6.07) is 13.4. The summed E-state index contributed by atoms with van der Waals surface area (Å²) < 4.78 is 16.7. The average Bonchev–Trinajstić information content (AvgIpc) is 3.00. The number of rotatable bonds is 9. The average molecular weight is 470 g/mol. The number of ether oxygens (including phenoxy) is 3. The third kappa shape index (κ3) is 6.61. The van der Waals surface area contributed by atoms with Crippen molar-refractivity contribution in [1.82, 2.24) is 4.90 Å². The van der Waals surface area contributed by atoms with Gasteiger partial charge in [0.2, 0.25) is 0 Å². The van der Waals surface area contributed by atoms with Crippen LogP contribution in [0.3, 0.4) is 0 Å². The molecule has 8 heteroatoms. The van der Waals surface area contributed by atoms with E-state index in [1.165, 1.54) is 0 Å². The molecule has 1 fully saturated rings. The van der Waals surface area contributed by atoms with E-state index in [0.29, 0.717) is 30.3 Å². The van der Waals surface area contributed by atoms with Crippen molar-refractivity contribution < 1.29 is 28.6 Å². The highest BCUT2D eigenvalue weighted by atomic mass is 32.2. The van der Waals surface area contributed by atoms with Gasteiger partial charge in [-0.3, -0.25) is 19.3 Å². The van der Waals surface area contributed by atoms with Crippen LogP contribution in [0.15, 0.2) is 47.4 Å². The Morgan fingerprint density at radius 1 is 1.09 bits per heavy atom. The van der Waals surface area contributed by atoms with Gasteiger partial charge in [0, 0.05) is 0 Å². The fourth-order valence-corrected chi connectivity index (χ4v) is 4.02. The Balaban J connectivity index is 1.74. The summed E-state index contributed by atoms with van der Waals surface area (Å²) in [6.45, 7) is 7.74. The zero-order valence-corrected chi connectivity index (χ0v) is 19.9. The molecule has 0 aliphatic carbocycles. The van der Waals surface area contributed by atoms with Gasteiger partial charge < -0.3 is 14.2 Å². The zero-order valence-electron chi connectivity index (χ0n) is 19.1. The van der Waals surface area contributed by atoms with Crippen LogP contribution in [0.25, 0.3) is 6.08 Å². The lowest BCUT2D eigenvalue weighted by atomic mass is 10.1. The predicted molar refractivity (Wildman–Crippen MR) is 127 cm³/mol. The van der Waals surface area contributed by atoms with E-state index in [-0.39, 0.29) is 11.0 Å². The Labute approximate surface area is 197 Å². The molecule has 0 spiro atoms. The molecule has 2 amide bonds. The number of imide groups is 1. The number of amides is 2. The number of esters is 1. The first-order valence-corrected chi connectivity index (χ1v) is 11.5. The molecule has 1 aliphatic heterocycles. The van der Waals surface area contributed by atoms with Crippen LogP contribution in [-0.4, -0.2) is 41.3 Å². The van der Waals surface area contributed by atoms with E-state index in [2.05, 4.69) is 6.07 Å². The van der Waals surface area contributed by atoms with Gasteiger partial charge in [0.1, 0.15) is 13.2 Å². The Bertz CT molecular complexity index is 1080. The summed E-state index contributed by atoms with van der Waals surface area (Å²) in [5.74, 6) is -0.0237. The third-order valence-electron chi connectivity index (χ3n) is 4.57. The van der Waals surface area contributed by atoms with Crippen molar-refractivity contribution in [2.75, 3.05) is 13.2 Å². The molecular weight excluding hydrogens is 442 g/mol. The lowest BCUT2D eigenvalue weighted by Gasteiger charge is -2.14. The molecular formula is C25H27NO6S. The van der Waals surface area contributed by atoms with Crippen LogP contribution < -0.4 is 9.47 Å². The second-order valence-electron chi connectivity index (χ2n) is 7.72. The normalized spacial score (nSPS) is 14.8. The van der Waals surface area contributed by atoms with Crippen LogP contribution in [0.5, 0.6) is 11.5 Å². The molecule has 0 atom stereocenters. The topological polar surface area (TPSA) is 82.1 Å². The van der Waals surface area contributed by atoms with E-state index in [4.69, 9.17) is 14.2 Å². The van der Waals surface area contributed by atoms with Crippen molar-refractivity contribution in [3.8, 4) is 11.5 Å². The second kappa shape index (κ2) is 11.0. The van der Waals surface area contributed by atoms with Crippen LogP contribution in [0, 0.1) is 6.92 Å². The van der Waals surface area contributed by atoms with Crippen molar-refractivity contribution >= 4 is 35.0 Å². The Morgan fingerprint density at radius 2 is 1.88 bits per heavy atom. The highest BCUT2D eigenvalue weighted by Crippen LogP contribution is 2.35. The number of carbonyl (C=O) groups excluding carboxylic acids is 3. The largest absolute Gasteiger partial charge is 0.490 e. The van der Waals surface area contributed by atoms with Crippen LogP contribution in [0.1, 0.15) is 37.5 Å². The number of nitrogens with zero attached hydrogens (tertiary/aromatic N) is 1. The van der Waals surface area contributed by atoms with Crippen LogP contribution in [-0.2, 0) is 20.9 Å². The molecule has 1 aliphatic rings. The minimum Gasteiger partial charge on any atom is -0.490 e. The van der Waals surface area contributed by atoms with E-state index in [9.17, 15) is 14.4 Å². The highest BCUT2D eigenvalue weighted by Gasteiger charge is 2.36. The summed E-state index contributed by atoms with van der Waals surface area (Å²) in [5, 5.41) is -0.505. The lowest BCUT2D eigenvalue weighted by molar-refractivity contribution is -0.149. The van der Waals surface area contributed by atoms with E-state index in [0.717, 1.165) is 27.8 Å². The fraction of sp³-hybridized carbons (Fsp3) is 0.320. The third-order valence-corrected chi connectivity index (χ3v) is 5.48. The summed E-state index contributed by atoms with van der Waals surface area (Å²) in [5.41, 5.74) is 2.88. The van der Waals surface area contributed by atoms with Gasteiger partial charge in [-0.25, -0.2) is 0 Å². The van der Waals surface area contributed by atoms with Gasteiger partial charge in [0.25, 0.3) is 11.1 Å². The minimum atomic E-state index is -0.623. The predicted octanol–water partition coefficient (Wildman–Crippen LogP) is 4.96. The molecule has 3 rings (SSSR count). The van der Waals surface area contributed by atoms with Gasteiger partial charge in [-0.2, -0.15) is 0 Å². The van der Waals surface area contributed by atoms with Crippen molar-refractivity contribution in [2.45, 2.75) is 40.4 Å². The van der Waals surface area contributed by atoms with Crippen LogP contribution >= 0.6 is 11.8 Å². The Hall–Kier alpha value is -3.26. The second-order valence-corrected chi connectivity index (χ2v) is 8.72. The fourth-order valence-electron chi connectivity index (χ4n) is 3.18. The first kappa shape index (κ1) is 24.4. The monoisotopic (exact) mass is 469 g/mol. The van der Waals surface area contributed by atoms with Crippen molar-refractivity contribution in [1.29, 1.82) is 0 Å². The minimum absolute atomic E-state index is 0.230. The molecule has 0 N–H and O–H groups in total. The van der Waals surface area contributed by atoms with Gasteiger partial charge in [-0.15, -0.1) is 0 Å². The summed E-state index contributed by atoms with van der Waals surface area (Å²) in [6.07, 6.45) is 1.28. The molecule has 0 unspecified atom stereocenters. The molecule has 0 aromatic heterocycles. The molecule has 7 nitrogen and oxygen atoms in total. The lowest BCUT2D eigenvalue weighted by Crippen LogP contribution is -2.35. The maximum absolute atomic E-state index is 12.7. The number of hydrogen-bond donors (Lipinski definition) is 0. The van der Waals surface area contributed by atoms with Crippen molar-refractivity contribution in [3.05, 3.63) is 64.1 Å². The quantitative estimate of drug-likeness (QED) is 0.379. The zero-order chi connectivity index (χ0) is 24.0. The Morgan fingerprint density at radius 3 is 2.58 bits per heavy atom. The van der Waals surface area contributed by atoms with E-state index >= 15 is 0 Å². The maximum Gasteiger partial charge on any atom is 0.326 e. The van der Waals surface area contributed by atoms with Crippen LogP contribution in [0.4, 0.5) is 4.79 Å². The van der Waals surface area contributed by atoms with E-state index in [1.807, 2.05) is 32.0 Å². The van der Waals surface area contributed by atoms with Crippen molar-refractivity contribution in [2.24, 2.45) is 0 Å². The summed E-state index contributed by atoms with van der Waals surface area (Å²) in [7, 11) is 0. The van der Waals surface area contributed by atoms with E-state index < -0.39 is 23.7 Å². The van der Waals surface area contributed by atoms with Crippen LogP contribution in [0.2, 0.25) is 0 Å². The number of hydrogen-bond acceptors (Lipinski definition) is 7. The summed E-state index contributed by atoms with van der Waals surface area (Å²) in [4.78, 5) is 37.9. The van der Waals surface area contributed by atoms with Gasteiger partial charge in [-0.05, 0) is 68.8 Å². The van der Waals surface area contributed by atoms with Gasteiger partial charge in [-0.1, -0.05) is 35.9 Å². The molecule has 2 aromatic carbocycles. The molecule has 1 heterocycles. The number of carbonyl (C=O) groups is 3. The first-order chi connectivity index (χ1) is 15.8. The molecule has 0 radical (unpaired) electrons. The maximum atomic E-state index is 12.7. The highest BCUT2D eigenvalue weighted by molar-refractivity contribution is 8.18. The number of aryl methyl sites for hydroxylation is 1.